The minimum Gasteiger partial charge on any atom is -0.466 e. The van der Waals surface area contributed by atoms with Crippen LogP contribution in [-0.4, -0.2) is 11.7 Å². The molecule has 3 N–H and O–H groups in total. The van der Waals surface area contributed by atoms with Crippen molar-refractivity contribution in [1.29, 1.82) is 0 Å². The number of aliphatic hydroxyl groups is 1. The Hall–Kier alpha value is -1.06. The van der Waals surface area contributed by atoms with E-state index in [2.05, 4.69) is 12.2 Å². The van der Waals surface area contributed by atoms with Crippen LogP contribution in [0.15, 0.2) is 22.8 Å². The van der Waals surface area contributed by atoms with Gasteiger partial charge in [-0.25, -0.2) is 0 Å². The van der Waals surface area contributed by atoms with E-state index in [1.165, 1.54) is 32.1 Å². The van der Waals surface area contributed by atoms with Gasteiger partial charge in [0.25, 0.3) is 0 Å². The van der Waals surface area contributed by atoms with Crippen molar-refractivity contribution >= 4 is 6.08 Å². The van der Waals surface area contributed by atoms with E-state index >= 15 is 0 Å². The average molecular weight is 249 g/mol. The summed E-state index contributed by atoms with van der Waals surface area (Å²) in [5, 5.41) is 9.75. The number of allylic oxidation sites excluding steroid dienone is 1. The Labute approximate surface area is 109 Å². The molecule has 0 spiro atoms. The number of furan rings is 1. The number of nitrogens with two attached hydrogens (primary N) is 1. The molecule has 1 fully saturated rings. The lowest BCUT2D eigenvalue weighted by Gasteiger charge is -2.17. The van der Waals surface area contributed by atoms with Gasteiger partial charge in [0, 0.05) is 5.56 Å². The Morgan fingerprint density at radius 3 is 2.89 bits per heavy atom. The molecule has 0 aliphatic heterocycles. The first-order valence-corrected chi connectivity index (χ1v) is 6.94. The van der Waals surface area contributed by atoms with Crippen molar-refractivity contribution in [3.63, 3.8) is 0 Å². The maximum absolute atomic E-state index is 9.75. The summed E-state index contributed by atoms with van der Waals surface area (Å²) in [6, 6.07) is 1.90. The van der Waals surface area contributed by atoms with E-state index in [9.17, 15) is 5.11 Å². The van der Waals surface area contributed by atoms with E-state index in [0.717, 1.165) is 5.56 Å². The summed E-state index contributed by atoms with van der Waals surface area (Å²) >= 11 is 0. The van der Waals surface area contributed by atoms with Crippen LogP contribution in [0.1, 0.15) is 56.0 Å². The number of hydrogen-bond donors (Lipinski definition) is 2. The Morgan fingerprint density at radius 2 is 2.17 bits per heavy atom. The Kier molecular flexibility index (Phi) is 5.02. The summed E-state index contributed by atoms with van der Waals surface area (Å²) in [6.07, 6.45) is 12.7. The van der Waals surface area contributed by atoms with Crippen molar-refractivity contribution in [3.8, 4) is 0 Å². The molecule has 0 amide bonds. The van der Waals surface area contributed by atoms with Gasteiger partial charge in [0.1, 0.15) is 11.9 Å². The first-order chi connectivity index (χ1) is 8.79. The molecule has 1 aliphatic rings. The zero-order valence-electron chi connectivity index (χ0n) is 10.8. The molecule has 1 heterocycles. The predicted octanol–water partition coefficient (Wildman–Crippen LogP) is 3.26. The van der Waals surface area contributed by atoms with E-state index in [1.807, 2.05) is 6.07 Å². The number of rotatable bonds is 5. The van der Waals surface area contributed by atoms with Crippen molar-refractivity contribution in [3.05, 3.63) is 29.7 Å². The normalized spacial score (nSPS) is 19.4. The molecule has 0 radical (unpaired) electrons. The average Bonchev–Trinajstić information content (AvgIpc) is 2.87. The highest BCUT2D eigenvalue weighted by Crippen LogP contribution is 2.26. The van der Waals surface area contributed by atoms with Crippen LogP contribution in [0.25, 0.3) is 6.08 Å². The van der Waals surface area contributed by atoms with Gasteiger partial charge in [0.05, 0.1) is 6.26 Å². The first kappa shape index (κ1) is 13.4. The summed E-state index contributed by atoms with van der Waals surface area (Å²) in [4.78, 5) is 0. The topological polar surface area (TPSA) is 59.4 Å². The highest BCUT2D eigenvalue weighted by atomic mass is 16.4. The van der Waals surface area contributed by atoms with Gasteiger partial charge in [-0.2, -0.15) is 0 Å². The SMILES string of the molecule is NCCC(O)c1cc(/C=C/C2CCCCC2)co1. The summed E-state index contributed by atoms with van der Waals surface area (Å²) < 4.78 is 5.36. The van der Waals surface area contributed by atoms with E-state index in [4.69, 9.17) is 10.2 Å². The molecule has 3 nitrogen and oxygen atoms in total. The monoisotopic (exact) mass is 249 g/mol. The van der Waals surface area contributed by atoms with Crippen LogP contribution in [0.4, 0.5) is 0 Å². The Bertz CT molecular complexity index is 378. The Balaban J connectivity index is 1.91. The predicted molar refractivity (Wildman–Crippen MR) is 72.9 cm³/mol. The fourth-order valence-electron chi connectivity index (χ4n) is 2.50. The second-order valence-electron chi connectivity index (χ2n) is 5.13. The van der Waals surface area contributed by atoms with Gasteiger partial charge in [0.2, 0.25) is 0 Å². The molecular weight excluding hydrogens is 226 g/mol. The minimum absolute atomic E-state index is 0.467. The van der Waals surface area contributed by atoms with Gasteiger partial charge >= 0.3 is 0 Å². The van der Waals surface area contributed by atoms with Crippen LogP contribution in [0.3, 0.4) is 0 Å². The molecule has 100 valence electrons. The highest BCUT2D eigenvalue weighted by Gasteiger charge is 2.12. The van der Waals surface area contributed by atoms with Crippen molar-refractivity contribution in [2.45, 2.75) is 44.6 Å². The van der Waals surface area contributed by atoms with E-state index in [-0.39, 0.29) is 0 Å². The van der Waals surface area contributed by atoms with Crippen molar-refractivity contribution in [2.75, 3.05) is 6.54 Å². The molecule has 1 aromatic rings. The van der Waals surface area contributed by atoms with Crippen LogP contribution in [0.2, 0.25) is 0 Å². The molecule has 0 bridgehead atoms. The van der Waals surface area contributed by atoms with Gasteiger partial charge in [-0.1, -0.05) is 31.4 Å². The summed E-state index contributed by atoms with van der Waals surface area (Å²) in [5.74, 6) is 1.33. The third-order valence-electron chi connectivity index (χ3n) is 3.62. The first-order valence-electron chi connectivity index (χ1n) is 6.94. The summed E-state index contributed by atoms with van der Waals surface area (Å²) in [6.45, 7) is 0.467. The van der Waals surface area contributed by atoms with E-state index in [1.54, 1.807) is 6.26 Å². The molecule has 1 aliphatic carbocycles. The van der Waals surface area contributed by atoms with Gasteiger partial charge in [-0.05, 0) is 37.8 Å². The Morgan fingerprint density at radius 1 is 1.39 bits per heavy atom. The second-order valence-corrected chi connectivity index (χ2v) is 5.13. The molecule has 1 unspecified atom stereocenters. The van der Waals surface area contributed by atoms with E-state index < -0.39 is 6.10 Å². The maximum Gasteiger partial charge on any atom is 0.132 e. The van der Waals surface area contributed by atoms with Crippen LogP contribution in [0, 0.1) is 5.92 Å². The van der Waals surface area contributed by atoms with E-state index in [0.29, 0.717) is 24.6 Å². The minimum atomic E-state index is -0.577. The van der Waals surface area contributed by atoms with Gasteiger partial charge < -0.3 is 15.3 Å². The lowest BCUT2D eigenvalue weighted by Crippen LogP contribution is -2.05. The fourth-order valence-corrected chi connectivity index (χ4v) is 2.50. The molecule has 3 heteroatoms. The standard InChI is InChI=1S/C15H23NO2/c16-9-8-14(17)15-10-13(11-18-15)7-6-12-4-2-1-3-5-12/h6-7,10-12,14,17H,1-5,8-9,16H2/b7-6+. The van der Waals surface area contributed by atoms with Crippen LogP contribution >= 0.6 is 0 Å². The van der Waals surface area contributed by atoms with Crippen LogP contribution < -0.4 is 5.73 Å². The quantitative estimate of drug-likeness (QED) is 0.842. The van der Waals surface area contributed by atoms with Crippen molar-refractivity contribution in [2.24, 2.45) is 11.7 Å². The second kappa shape index (κ2) is 6.76. The molecule has 1 atom stereocenters. The zero-order chi connectivity index (χ0) is 12.8. The largest absolute Gasteiger partial charge is 0.466 e. The number of hydrogen-bond acceptors (Lipinski definition) is 3. The lowest BCUT2D eigenvalue weighted by molar-refractivity contribution is 0.143. The van der Waals surface area contributed by atoms with Crippen molar-refractivity contribution in [1.82, 2.24) is 0 Å². The summed E-state index contributed by atoms with van der Waals surface area (Å²) in [5.41, 5.74) is 6.45. The number of aliphatic hydroxyl groups excluding tert-OH is 1. The molecule has 18 heavy (non-hydrogen) atoms. The van der Waals surface area contributed by atoms with Crippen LogP contribution in [0.5, 0.6) is 0 Å². The van der Waals surface area contributed by atoms with Gasteiger partial charge in [-0.3, -0.25) is 0 Å². The van der Waals surface area contributed by atoms with Gasteiger partial charge in [0.15, 0.2) is 0 Å². The molecule has 2 rings (SSSR count). The van der Waals surface area contributed by atoms with Crippen molar-refractivity contribution < 1.29 is 9.52 Å². The smallest absolute Gasteiger partial charge is 0.132 e. The maximum atomic E-state index is 9.75. The van der Waals surface area contributed by atoms with Gasteiger partial charge in [-0.15, -0.1) is 0 Å². The molecule has 0 aromatic carbocycles. The fraction of sp³-hybridized carbons (Fsp3) is 0.600. The molecule has 1 aromatic heterocycles. The highest BCUT2D eigenvalue weighted by molar-refractivity contribution is 5.48. The third kappa shape index (κ3) is 3.72. The molecule has 1 saturated carbocycles. The summed E-state index contributed by atoms with van der Waals surface area (Å²) in [7, 11) is 0. The molecule has 0 saturated heterocycles. The zero-order valence-corrected chi connectivity index (χ0v) is 10.8. The third-order valence-corrected chi connectivity index (χ3v) is 3.62. The molecular formula is C15H23NO2. The lowest BCUT2D eigenvalue weighted by atomic mass is 9.89. The van der Waals surface area contributed by atoms with Crippen LogP contribution in [-0.2, 0) is 0 Å².